The average Bonchev–Trinajstić information content (AvgIpc) is 2.89. The lowest BCUT2D eigenvalue weighted by molar-refractivity contribution is -0.105. The van der Waals surface area contributed by atoms with Gasteiger partial charge in [0.15, 0.2) is 0 Å². The summed E-state index contributed by atoms with van der Waals surface area (Å²) >= 11 is 0. The Labute approximate surface area is 217 Å². The fourth-order valence-corrected chi connectivity index (χ4v) is 4.10. The number of anilines is 1. The first-order chi connectivity index (χ1) is 18.2. The molecule has 4 rings (SSSR count). The first kappa shape index (κ1) is 26.0. The topological polar surface area (TPSA) is 120 Å². The number of carbonyl (C=O) groups excluding carboxylic acids is 1. The average molecular weight is 511 g/mol. The molecule has 0 fully saturated rings. The molecule has 0 aliphatic rings. The number of aryl methyl sites for hydroxylation is 3. The Hall–Kier alpha value is -5.12. The SMILES string of the molecule is C=Nc1cc(-n2c(=O)n(-c3ccc(C)c(N=CC)c3)c(=O)n(-c3ccc(C)c(NC=O)c3)c2=O)ccc1C. The van der Waals surface area contributed by atoms with Gasteiger partial charge >= 0.3 is 17.1 Å². The molecular formula is C28H26N6O4. The van der Waals surface area contributed by atoms with Gasteiger partial charge in [-0.05, 0) is 87.5 Å². The van der Waals surface area contributed by atoms with Gasteiger partial charge in [-0.3, -0.25) is 14.8 Å². The van der Waals surface area contributed by atoms with Crippen molar-refractivity contribution in [2.75, 3.05) is 5.32 Å². The quantitative estimate of drug-likeness (QED) is 0.301. The van der Waals surface area contributed by atoms with Crippen LogP contribution in [0.5, 0.6) is 0 Å². The van der Waals surface area contributed by atoms with Crippen molar-refractivity contribution in [3.63, 3.8) is 0 Å². The molecule has 0 saturated heterocycles. The van der Waals surface area contributed by atoms with Crippen molar-refractivity contribution in [3.05, 3.63) is 103 Å². The second-order valence-corrected chi connectivity index (χ2v) is 8.60. The molecule has 192 valence electrons. The molecule has 1 heterocycles. The Balaban J connectivity index is 2.16. The summed E-state index contributed by atoms with van der Waals surface area (Å²) in [6, 6.07) is 14.6. The second kappa shape index (κ2) is 10.5. The van der Waals surface area contributed by atoms with E-state index in [1.54, 1.807) is 68.6 Å². The molecule has 0 spiro atoms. The van der Waals surface area contributed by atoms with Crippen LogP contribution in [-0.4, -0.2) is 33.0 Å². The maximum Gasteiger partial charge on any atom is 0.345 e. The third-order valence-corrected chi connectivity index (χ3v) is 6.18. The van der Waals surface area contributed by atoms with E-state index in [2.05, 4.69) is 22.0 Å². The molecule has 3 aromatic carbocycles. The van der Waals surface area contributed by atoms with Crippen LogP contribution in [0.1, 0.15) is 23.6 Å². The second-order valence-electron chi connectivity index (χ2n) is 8.60. The van der Waals surface area contributed by atoms with Gasteiger partial charge in [0.25, 0.3) is 0 Å². The van der Waals surface area contributed by atoms with Crippen LogP contribution in [0.2, 0.25) is 0 Å². The summed E-state index contributed by atoms with van der Waals surface area (Å²) < 4.78 is 2.72. The number of carbonyl (C=O) groups is 1. The van der Waals surface area contributed by atoms with Gasteiger partial charge in [0.05, 0.1) is 28.4 Å². The number of nitrogens with zero attached hydrogens (tertiary/aromatic N) is 5. The maximum absolute atomic E-state index is 13.8. The zero-order chi connectivity index (χ0) is 27.6. The highest BCUT2D eigenvalue weighted by Gasteiger charge is 2.21. The van der Waals surface area contributed by atoms with Gasteiger partial charge in [-0.1, -0.05) is 18.2 Å². The summed E-state index contributed by atoms with van der Waals surface area (Å²) in [5.41, 5.74) is 1.86. The minimum absolute atomic E-state index is 0.172. The van der Waals surface area contributed by atoms with Crippen LogP contribution >= 0.6 is 0 Å². The summed E-state index contributed by atoms with van der Waals surface area (Å²) in [5, 5.41) is 2.57. The van der Waals surface area contributed by atoms with E-state index in [1.807, 2.05) is 13.8 Å². The highest BCUT2D eigenvalue weighted by Crippen LogP contribution is 2.23. The number of hydrogen-bond donors (Lipinski definition) is 1. The summed E-state index contributed by atoms with van der Waals surface area (Å²) in [5.74, 6) is 0. The fraction of sp³-hybridized carbons (Fsp3) is 0.143. The van der Waals surface area contributed by atoms with Crippen molar-refractivity contribution >= 4 is 36.4 Å². The highest BCUT2D eigenvalue weighted by molar-refractivity contribution is 5.74. The highest BCUT2D eigenvalue weighted by atomic mass is 16.2. The van der Waals surface area contributed by atoms with Gasteiger partial charge < -0.3 is 5.32 Å². The van der Waals surface area contributed by atoms with Crippen molar-refractivity contribution in [2.45, 2.75) is 27.7 Å². The van der Waals surface area contributed by atoms with Gasteiger partial charge in [0.2, 0.25) is 6.41 Å². The molecular weight excluding hydrogens is 484 g/mol. The maximum atomic E-state index is 13.8. The molecule has 1 amide bonds. The van der Waals surface area contributed by atoms with Crippen LogP contribution in [0.15, 0.2) is 79.0 Å². The number of rotatable bonds is 7. The van der Waals surface area contributed by atoms with Crippen molar-refractivity contribution < 1.29 is 4.79 Å². The van der Waals surface area contributed by atoms with Crippen LogP contribution in [0.4, 0.5) is 17.1 Å². The predicted molar refractivity (Wildman–Crippen MR) is 150 cm³/mol. The van der Waals surface area contributed by atoms with Gasteiger partial charge in [0, 0.05) is 11.9 Å². The van der Waals surface area contributed by atoms with E-state index in [4.69, 9.17) is 0 Å². The smallest absolute Gasteiger partial charge is 0.328 e. The lowest BCUT2D eigenvalue weighted by Gasteiger charge is -2.16. The van der Waals surface area contributed by atoms with Crippen molar-refractivity contribution in [1.82, 2.24) is 13.7 Å². The van der Waals surface area contributed by atoms with E-state index in [0.717, 1.165) is 30.4 Å². The van der Waals surface area contributed by atoms with Crippen molar-refractivity contribution in [2.24, 2.45) is 9.98 Å². The Morgan fingerprint density at radius 2 is 1.16 bits per heavy atom. The molecule has 0 atom stereocenters. The molecule has 0 saturated carbocycles. The first-order valence-electron chi connectivity index (χ1n) is 11.7. The largest absolute Gasteiger partial charge is 0.345 e. The van der Waals surface area contributed by atoms with Crippen LogP contribution in [-0.2, 0) is 4.79 Å². The Morgan fingerprint density at radius 3 is 1.63 bits per heavy atom. The summed E-state index contributed by atoms with van der Waals surface area (Å²) in [6.07, 6.45) is 2.12. The van der Waals surface area contributed by atoms with E-state index in [-0.39, 0.29) is 17.1 Å². The Bertz CT molecular complexity index is 1790. The number of benzene rings is 3. The Morgan fingerprint density at radius 1 is 0.711 bits per heavy atom. The third kappa shape index (κ3) is 4.55. The van der Waals surface area contributed by atoms with Gasteiger partial charge in [-0.15, -0.1) is 0 Å². The molecule has 10 nitrogen and oxygen atoms in total. The summed E-state index contributed by atoms with van der Waals surface area (Å²) in [7, 11) is 0. The standard InChI is InChI=1S/C28H26N6O4/c1-6-30-24-14-21(11-8-18(24)3)33-26(36)32(20-10-7-17(2)23(13-20)29-5)27(37)34(28(33)38)22-12-9-19(4)25(15-22)31-16-35/h6-16H,5H2,1-4H3,(H,31,35). The first-order valence-corrected chi connectivity index (χ1v) is 11.7. The van der Waals surface area contributed by atoms with E-state index in [1.165, 1.54) is 6.07 Å². The number of amides is 1. The van der Waals surface area contributed by atoms with E-state index < -0.39 is 17.1 Å². The molecule has 1 N–H and O–H groups in total. The molecule has 0 radical (unpaired) electrons. The molecule has 4 aromatic rings. The van der Waals surface area contributed by atoms with Gasteiger partial charge in [-0.2, -0.15) is 0 Å². The zero-order valence-electron chi connectivity index (χ0n) is 21.4. The van der Waals surface area contributed by atoms with Crippen molar-refractivity contribution in [3.8, 4) is 17.1 Å². The van der Waals surface area contributed by atoms with E-state index >= 15 is 0 Å². The molecule has 0 bridgehead atoms. The monoisotopic (exact) mass is 510 g/mol. The normalized spacial score (nSPS) is 11.1. The summed E-state index contributed by atoms with van der Waals surface area (Å²) in [6.45, 7) is 10.8. The van der Waals surface area contributed by atoms with Crippen LogP contribution in [0.3, 0.4) is 0 Å². The van der Waals surface area contributed by atoms with Crippen molar-refractivity contribution in [1.29, 1.82) is 0 Å². The van der Waals surface area contributed by atoms with Gasteiger partial charge in [0.1, 0.15) is 0 Å². The molecule has 38 heavy (non-hydrogen) atoms. The number of nitrogens with one attached hydrogen (secondary N) is 1. The van der Waals surface area contributed by atoms with Gasteiger partial charge in [-0.25, -0.2) is 28.1 Å². The summed E-state index contributed by atoms with van der Waals surface area (Å²) in [4.78, 5) is 60.9. The predicted octanol–water partition coefficient (Wildman–Crippen LogP) is 3.69. The molecule has 0 aliphatic carbocycles. The number of aromatic nitrogens is 3. The Kier molecular flexibility index (Phi) is 7.15. The minimum Gasteiger partial charge on any atom is -0.328 e. The zero-order valence-corrected chi connectivity index (χ0v) is 21.4. The minimum atomic E-state index is -0.880. The lowest BCUT2D eigenvalue weighted by Crippen LogP contribution is -2.52. The van der Waals surface area contributed by atoms with Crippen LogP contribution in [0.25, 0.3) is 17.1 Å². The number of hydrogen-bond acceptors (Lipinski definition) is 6. The molecule has 0 unspecified atom stereocenters. The molecule has 0 aliphatic heterocycles. The van der Waals surface area contributed by atoms with E-state index in [9.17, 15) is 19.2 Å². The molecule has 1 aromatic heterocycles. The lowest BCUT2D eigenvalue weighted by atomic mass is 10.1. The molecule has 10 heteroatoms. The third-order valence-electron chi connectivity index (χ3n) is 6.18. The fourth-order valence-electron chi connectivity index (χ4n) is 4.10. The van der Waals surface area contributed by atoms with Crippen LogP contribution in [0, 0.1) is 20.8 Å². The van der Waals surface area contributed by atoms with Crippen LogP contribution < -0.4 is 22.4 Å². The number of aliphatic imine (C=N–C) groups is 2. The van der Waals surface area contributed by atoms with E-state index in [0.29, 0.717) is 23.5 Å².